The van der Waals surface area contributed by atoms with Crippen LogP contribution in [0.15, 0.2) is 48.9 Å². The van der Waals surface area contributed by atoms with E-state index in [1.54, 1.807) is 23.1 Å². The summed E-state index contributed by atoms with van der Waals surface area (Å²) >= 11 is 6.16. The lowest BCUT2D eigenvalue weighted by Gasteiger charge is -2.29. The first kappa shape index (κ1) is 23.8. The molecule has 0 bridgehead atoms. The predicted octanol–water partition coefficient (Wildman–Crippen LogP) is 4.18. The summed E-state index contributed by atoms with van der Waals surface area (Å²) in [4.78, 5) is 18.3. The molecule has 2 aromatic heterocycles. The Morgan fingerprint density at radius 1 is 1.03 bits per heavy atom. The van der Waals surface area contributed by atoms with Crippen LogP contribution in [-0.2, 0) is 14.6 Å². The minimum Gasteiger partial charge on any atom is -0.481 e. The second-order valence-electron chi connectivity index (χ2n) is 9.26. The van der Waals surface area contributed by atoms with Gasteiger partial charge in [0.05, 0.1) is 40.0 Å². The topological polar surface area (TPSA) is 105 Å². The Morgan fingerprint density at radius 3 is 2.43 bits per heavy atom. The van der Waals surface area contributed by atoms with Gasteiger partial charge in [-0.25, -0.2) is 13.1 Å². The maximum Gasteiger partial charge on any atom is 0.307 e. The molecule has 0 amide bonds. The van der Waals surface area contributed by atoms with E-state index in [9.17, 15) is 18.3 Å². The first-order valence-corrected chi connectivity index (χ1v) is 14.0. The van der Waals surface area contributed by atoms with E-state index in [0.717, 1.165) is 41.8 Å². The van der Waals surface area contributed by atoms with Crippen LogP contribution in [0.2, 0.25) is 5.02 Å². The van der Waals surface area contributed by atoms with E-state index in [1.807, 2.05) is 30.5 Å². The van der Waals surface area contributed by atoms with Gasteiger partial charge < -0.3 is 10.0 Å². The quantitative estimate of drug-likeness (QED) is 0.544. The van der Waals surface area contributed by atoms with Crippen LogP contribution >= 0.6 is 11.6 Å². The number of carboxylic acids is 1. The Hall–Kier alpha value is -2.91. The first-order chi connectivity index (χ1) is 16.8. The molecule has 184 valence electrons. The third-order valence-corrected chi connectivity index (χ3v) is 8.84. The van der Waals surface area contributed by atoms with Crippen molar-refractivity contribution in [2.24, 2.45) is 5.92 Å². The van der Waals surface area contributed by atoms with Gasteiger partial charge in [0.2, 0.25) is 0 Å². The third-order valence-electron chi connectivity index (χ3n) is 7.02. The average molecular weight is 515 g/mol. The maximum atomic E-state index is 12.1. The van der Waals surface area contributed by atoms with Crippen LogP contribution in [0.5, 0.6) is 0 Å². The lowest BCUT2D eigenvalue weighted by molar-refractivity contribution is -0.143. The number of benzene rings is 1. The number of nitrogens with zero attached hydrogens (tertiary/aromatic N) is 4. The number of aliphatic carboxylic acids is 1. The molecule has 3 aromatic rings. The zero-order valence-corrected chi connectivity index (χ0v) is 20.7. The minimum atomic E-state index is -2.95. The van der Waals surface area contributed by atoms with Crippen molar-refractivity contribution >= 4 is 33.1 Å². The Labute approximate surface area is 209 Å². The Balaban J connectivity index is 1.52. The van der Waals surface area contributed by atoms with Crippen LogP contribution in [0, 0.1) is 5.92 Å². The van der Waals surface area contributed by atoms with E-state index in [0.29, 0.717) is 30.2 Å². The molecule has 3 heterocycles. The normalized spacial score (nSPS) is 22.1. The zero-order valence-electron chi connectivity index (χ0n) is 19.2. The molecule has 1 aliphatic carbocycles. The number of sulfone groups is 1. The third kappa shape index (κ3) is 5.06. The Bertz CT molecular complexity index is 1330. The van der Waals surface area contributed by atoms with Crippen molar-refractivity contribution in [1.29, 1.82) is 0 Å². The van der Waals surface area contributed by atoms with Crippen molar-refractivity contribution in [3.8, 4) is 16.8 Å². The fraction of sp³-hybridized carbons (Fsp3) is 0.400. The molecule has 5 rings (SSSR count). The summed E-state index contributed by atoms with van der Waals surface area (Å²) in [6, 6.07) is 9.75. The molecule has 2 atom stereocenters. The fourth-order valence-electron chi connectivity index (χ4n) is 5.12. The van der Waals surface area contributed by atoms with Gasteiger partial charge in [-0.1, -0.05) is 36.6 Å². The van der Waals surface area contributed by atoms with Gasteiger partial charge in [-0.05, 0) is 36.6 Å². The summed E-state index contributed by atoms with van der Waals surface area (Å²) < 4.78 is 25.3. The van der Waals surface area contributed by atoms with Gasteiger partial charge >= 0.3 is 5.97 Å². The van der Waals surface area contributed by atoms with Gasteiger partial charge in [-0.3, -0.25) is 9.78 Å². The molecule has 0 radical (unpaired) electrons. The highest BCUT2D eigenvalue weighted by atomic mass is 35.5. The lowest BCUT2D eigenvalue weighted by atomic mass is 9.76. The zero-order chi connectivity index (χ0) is 24.6. The standard InChI is InChI=1S/C25H27ClN4O4S/c26-18-13-20(15-27-14-18)30-16-23(24(28-30)21-3-1-2-4-22(21)25(31)32)17-5-7-19(8-6-17)29-9-11-35(33,34)12-10-29/h5-8,13-16,21-22H,1-4,9-12H2,(H,31,32)/t21-,22-/m1/s1. The van der Waals surface area contributed by atoms with Crippen LogP contribution in [0.3, 0.4) is 0 Å². The van der Waals surface area contributed by atoms with Gasteiger partial charge in [0.15, 0.2) is 9.84 Å². The molecule has 2 aliphatic rings. The van der Waals surface area contributed by atoms with Gasteiger partial charge in [-0.2, -0.15) is 5.10 Å². The largest absolute Gasteiger partial charge is 0.481 e. The number of carbonyl (C=O) groups is 1. The maximum absolute atomic E-state index is 12.1. The number of anilines is 1. The molecule has 2 fully saturated rings. The molecule has 8 nitrogen and oxygen atoms in total. The number of rotatable bonds is 5. The molecule has 0 unspecified atom stereocenters. The van der Waals surface area contributed by atoms with Crippen LogP contribution in [0.25, 0.3) is 16.8 Å². The second-order valence-corrected chi connectivity index (χ2v) is 12.0. The summed E-state index contributed by atoms with van der Waals surface area (Å²) in [6.45, 7) is 0.962. The molecule has 1 saturated heterocycles. The summed E-state index contributed by atoms with van der Waals surface area (Å²) in [7, 11) is -2.95. The van der Waals surface area contributed by atoms with Crippen LogP contribution in [0.4, 0.5) is 5.69 Å². The molecule has 35 heavy (non-hydrogen) atoms. The molecule has 0 spiro atoms. The van der Waals surface area contributed by atoms with Crippen molar-refractivity contribution in [3.05, 3.63) is 59.6 Å². The highest BCUT2D eigenvalue weighted by molar-refractivity contribution is 7.91. The SMILES string of the molecule is O=C(O)[C@@H]1CCCC[C@H]1c1nn(-c2cncc(Cl)c2)cc1-c1ccc(N2CCS(=O)(=O)CC2)cc1. The second kappa shape index (κ2) is 9.62. The van der Waals surface area contributed by atoms with E-state index in [-0.39, 0.29) is 17.4 Å². The molecule has 1 N–H and O–H groups in total. The Kier molecular flexibility index (Phi) is 6.55. The molecule has 1 aromatic carbocycles. The van der Waals surface area contributed by atoms with Gasteiger partial charge in [0.1, 0.15) is 0 Å². The molecular formula is C25H27ClN4O4S. The summed E-state index contributed by atoms with van der Waals surface area (Å²) in [5.74, 6) is -1.11. The smallest absolute Gasteiger partial charge is 0.307 e. The lowest BCUT2D eigenvalue weighted by Crippen LogP contribution is -2.40. The van der Waals surface area contributed by atoms with Crippen molar-refractivity contribution in [2.75, 3.05) is 29.5 Å². The van der Waals surface area contributed by atoms with Crippen molar-refractivity contribution < 1.29 is 18.3 Å². The van der Waals surface area contributed by atoms with E-state index in [4.69, 9.17) is 16.7 Å². The van der Waals surface area contributed by atoms with Crippen molar-refractivity contribution in [3.63, 3.8) is 0 Å². The van der Waals surface area contributed by atoms with Crippen molar-refractivity contribution in [2.45, 2.75) is 31.6 Å². The van der Waals surface area contributed by atoms with Crippen LogP contribution in [-0.4, -0.2) is 58.9 Å². The van der Waals surface area contributed by atoms with Gasteiger partial charge in [0.25, 0.3) is 0 Å². The summed E-state index contributed by atoms with van der Waals surface area (Å²) in [6.07, 6.45) is 8.44. The number of halogens is 1. The molecule has 10 heteroatoms. The fourth-order valence-corrected chi connectivity index (χ4v) is 6.49. The van der Waals surface area contributed by atoms with Gasteiger partial charge in [-0.15, -0.1) is 0 Å². The monoisotopic (exact) mass is 514 g/mol. The van der Waals surface area contributed by atoms with E-state index >= 15 is 0 Å². The molecule has 1 aliphatic heterocycles. The average Bonchev–Trinajstić information content (AvgIpc) is 3.30. The number of carboxylic acid groups (broad SMARTS) is 1. The highest BCUT2D eigenvalue weighted by Crippen LogP contribution is 2.42. The highest BCUT2D eigenvalue weighted by Gasteiger charge is 2.35. The summed E-state index contributed by atoms with van der Waals surface area (Å²) in [5.41, 5.74) is 4.27. The number of pyridine rings is 1. The van der Waals surface area contributed by atoms with Crippen LogP contribution in [0.1, 0.15) is 37.3 Å². The Morgan fingerprint density at radius 2 is 1.74 bits per heavy atom. The molecular weight excluding hydrogens is 488 g/mol. The number of hydrogen-bond donors (Lipinski definition) is 1. The predicted molar refractivity (Wildman–Crippen MR) is 135 cm³/mol. The van der Waals surface area contributed by atoms with Gasteiger partial charge in [0, 0.05) is 42.7 Å². The number of aromatic nitrogens is 3. The van der Waals surface area contributed by atoms with Crippen molar-refractivity contribution in [1.82, 2.24) is 14.8 Å². The van der Waals surface area contributed by atoms with E-state index < -0.39 is 21.7 Å². The van der Waals surface area contributed by atoms with E-state index in [2.05, 4.69) is 9.88 Å². The summed E-state index contributed by atoms with van der Waals surface area (Å²) in [5, 5.41) is 15.3. The van der Waals surface area contributed by atoms with Crippen LogP contribution < -0.4 is 4.90 Å². The van der Waals surface area contributed by atoms with E-state index in [1.165, 1.54) is 0 Å². The number of hydrogen-bond acceptors (Lipinski definition) is 6. The first-order valence-electron chi connectivity index (χ1n) is 11.8. The minimum absolute atomic E-state index is 0.164. The molecule has 1 saturated carbocycles.